The van der Waals surface area contributed by atoms with Gasteiger partial charge in [-0.1, -0.05) is 177 Å². The van der Waals surface area contributed by atoms with Crippen molar-refractivity contribution in [2.45, 2.75) is 230 Å². The van der Waals surface area contributed by atoms with E-state index < -0.39 is 36.2 Å². The molecule has 348 valence electrons. The molecule has 5 atom stereocenters. The van der Waals surface area contributed by atoms with Gasteiger partial charge >= 0.3 is 11.9 Å². The Hall–Kier alpha value is -3.27. The fourth-order valence-electron chi connectivity index (χ4n) is 8.73. The number of rotatable bonds is 33. The van der Waals surface area contributed by atoms with Crippen molar-refractivity contribution in [1.29, 1.82) is 0 Å². The first-order valence-electron chi connectivity index (χ1n) is 24.9. The van der Waals surface area contributed by atoms with Crippen molar-refractivity contribution in [1.82, 2.24) is 5.32 Å². The van der Waals surface area contributed by atoms with Crippen LogP contribution in [0.3, 0.4) is 0 Å². The van der Waals surface area contributed by atoms with Crippen LogP contribution in [0, 0.1) is 0 Å². The molecular weight excluding hydrogens is 779 g/mol. The quantitative estimate of drug-likeness (QED) is 0.0558. The average Bonchev–Trinajstić information content (AvgIpc) is 3.27. The normalized spacial score (nSPS) is 19.9. The lowest BCUT2D eigenvalue weighted by atomic mass is 9.95. The number of unbranched alkanes of at least 4 members (excludes halogenated alkanes) is 19. The maximum Gasteiger partial charge on any atom is 0.306 e. The summed E-state index contributed by atoms with van der Waals surface area (Å²) in [5.74, 6) is -1.93. The molecule has 1 amide bonds. The second-order valence-corrected chi connectivity index (χ2v) is 18.4. The standard InChI is InChI=1S/C53H83NO8/c1-4-5-6-7-8-9-10-11-18-29-38-46(60-48(55)39-30-19-14-12-16-23-32-43-34-25-21-26-35-43)52(57)54-45-41-58-47-42-59-53(2,3)62-51(47)50(45)61-49(56)40-31-20-15-13-17-24-33-44-36-27-22-28-37-44/h21-22,25-28,34-37,45-47,50-51H,4-20,23-24,29-33,38-42H2,1-3H3,(H,54,57)/t45-,46?,47+,50+,51+/m0/s1. The predicted molar refractivity (Wildman–Crippen MR) is 248 cm³/mol. The van der Waals surface area contributed by atoms with Crippen LogP contribution >= 0.6 is 0 Å². The van der Waals surface area contributed by atoms with E-state index in [1.54, 1.807) is 0 Å². The largest absolute Gasteiger partial charge is 0.457 e. The van der Waals surface area contributed by atoms with E-state index in [9.17, 15) is 14.4 Å². The maximum absolute atomic E-state index is 14.1. The molecule has 0 bridgehead atoms. The average molecular weight is 862 g/mol. The first kappa shape index (κ1) is 51.4. The van der Waals surface area contributed by atoms with Crippen LogP contribution in [0.5, 0.6) is 0 Å². The minimum atomic E-state index is -0.927. The van der Waals surface area contributed by atoms with Crippen molar-refractivity contribution < 1.29 is 38.1 Å². The van der Waals surface area contributed by atoms with Crippen molar-refractivity contribution in [3.05, 3.63) is 71.8 Å². The van der Waals surface area contributed by atoms with Crippen molar-refractivity contribution in [2.24, 2.45) is 0 Å². The molecule has 0 radical (unpaired) electrons. The Labute approximate surface area is 375 Å². The zero-order valence-electron chi connectivity index (χ0n) is 38.9. The van der Waals surface area contributed by atoms with Crippen molar-refractivity contribution in [3.63, 3.8) is 0 Å². The number of carbonyl (C=O) groups excluding carboxylic acids is 3. The van der Waals surface area contributed by atoms with Crippen molar-refractivity contribution in [2.75, 3.05) is 13.2 Å². The van der Waals surface area contributed by atoms with Crippen LogP contribution in [-0.2, 0) is 50.9 Å². The molecule has 4 rings (SSSR count). The molecule has 1 N–H and O–H groups in total. The van der Waals surface area contributed by atoms with E-state index in [2.05, 4.69) is 72.9 Å². The fourth-order valence-corrected chi connectivity index (χ4v) is 8.73. The molecule has 62 heavy (non-hydrogen) atoms. The molecule has 2 saturated heterocycles. The summed E-state index contributed by atoms with van der Waals surface area (Å²) in [6.07, 6.45) is 24.7. The van der Waals surface area contributed by atoms with Gasteiger partial charge in [0.25, 0.3) is 5.91 Å². The monoisotopic (exact) mass is 862 g/mol. The zero-order chi connectivity index (χ0) is 44.1. The molecule has 9 nitrogen and oxygen atoms in total. The summed E-state index contributed by atoms with van der Waals surface area (Å²) in [6, 6.07) is 20.5. The van der Waals surface area contributed by atoms with Gasteiger partial charge in [-0.25, -0.2) is 0 Å². The third kappa shape index (κ3) is 21.4. The highest BCUT2D eigenvalue weighted by Crippen LogP contribution is 2.32. The van der Waals surface area contributed by atoms with Crippen LogP contribution in [0.1, 0.15) is 192 Å². The Morgan fingerprint density at radius 3 is 1.66 bits per heavy atom. The van der Waals surface area contributed by atoms with Crippen LogP contribution in [0.15, 0.2) is 60.7 Å². The van der Waals surface area contributed by atoms with Gasteiger partial charge in [0.05, 0.1) is 19.3 Å². The van der Waals surface area contributed by atoms with Gasteiger partial charge in [-0.05, 0) is 76.3 Å². The number of nitrogens with one attached hydrogen (secondary N) is 1. The van der Waals surface area contributed by atoms with Gasteiger partial charge in [-0.2, -0.15) is 0 Å². The summed E-state index contributed by atoms with van der Waals surface area (Å²) in [7, 11) is 0. The Morgan fingerprint density at radius 2 is 1.11 bits per heavy atom. The lowest BCUT2D eigenvalue weighted by Crippen LogP contribution is -2.66. The van der Waals surface area contributed by atoms with E-state index in [-0.39, 0.29) is 24.5 Å². The number of esters is 2. The number of aryl methyl sites for hydroxylation is 2. The molecule has 2 aliphatic rings. The summed E-state index contributed by atoms with van der Waals surface area (Å²) in [5, 5.41) is 3.10. The third-order valence-electron chi connectivity index (χ3n) is 12.5. The summed E-state index contributed by atoms with van der Waals surface area (Å²) in [5.41, 5.74) is 2.76. The minimum Gasteiger partial charge on any atom is -0.457 e. The molecular formula is C53H83NO8. The number of carbonyl (C=O) groups is 3. The number of hydrogen-bond donors (Lipinski definition) is 1. The van der Waals surface area contributed by atoms with E-state index >= 15 is 0 Å². The summed E-state index contributed by atoms with van der Waals surface area (Å²) in [6.45, 7) is 6.33. The SMILES string of the molecule is CCCCCCCCCCCCC(OC(=O)CCCCCCCCc1ccccc1)C(=O)N[C@H]1CO[C@@H]2COC(C)(C)O[C@H]2[C@@H]1OC(=O)CCCCCCCCc1ccccc1. The smallest absolute Gasteiger partial charge is 0.306 e. The second-order valence-electron chi connectivity index (χ2n) is 18.4. The number of amides is 1. The van der Waals surface area contributed by atoms with Gasteiger partial charge in [0.15, 0.2) is 18.0 Å². The lowest BCUT2D eigenvalue weighted by Gasteiger charge is -2.48. The highest BCUT2D eigenvalue weighted by molar-refractivity contribution is 5.84. The van der Waals surface area contributed by atoms with E-state index in [1.165, 1.54) is 81.8 Å². The third-order valence-corrected chi connectivity index (χ3v) is 12.5. The minimum absolute atomic E-state index is 0.130. The van der Waals surface area contributed by atoms with Crippen LogP contribution < -0.4 is 5.32 Å². The van der Waals surface area contributed by atoms with E-state index in [0.717, 1.165) is 83.5 Å². The van der Waals surface area contributed by atoms with Crippen molar-refractivity contribution >= 4 is 17.8 Å². The summed E-state index contributed by atoms with van der Waals surface area (Å²) < 4.78 is 30.5. The molecule has 0 spiro atoms. The van der Waals surface area contributed by atoms with Gasteiger partial charge < -0.3 is 29.0 Å². The first-order chi connectivity index (χ1) is 30.2. The molecule has 0 aromatic heterocycles. The van der Waals surface area contributed by atoms with Crippen LogP contribution in [-0.4, -0.2) is 67.3 Å². The van der Waals surface area contributed by atoms with Gasteiger partial charge in [-0.3, -0.25) is 14.4 Å². The molecule has 9 heteroatoms. The second kappa shape index (κ2) is 30.8. The summed E-state index contributed by atoms with van der Waals surface area (Å²) in [4.78, 5) is 40.7. The molecule has 1 unspecified atom stereocenters. The first-order valence-corrected chi connectivity index (χ1v) is 24.9. The molecule has 2 aromatic rings. The molecule has 0 aliphatic carbocycles. The number of benzene rings is 2. The van der Waals surface area contributed by atoms with Gasteiger partial charge in [0.1, 0.15) is 12.2 Å². The maximum atomic E-state index is 14.1. The Bertz CT molecular complexity index is 1480. The highest BCUT2D eigenvalue weighted by Gasteiger charge is 2.50. The zero-order valence-corrected chi connectivity index (χ0v) is 38.9. The van der Waals surface area contributed by atoms with Crippen LogP contribution in [0.25, 0.3) is 0 Å². The Morgan fingerprint density at radius 1 is 0.629 bits per heavy atom. The van der Waals surface area contributed by atoms with E-state index in [1.807, 2.05) is 13.8 Å². The molecule has 0 saturated carbocycles. The van der Waals surface area contributed by atoms with Gasteiger partial charge in [0.2, 0.25) is 0 Å². The number of hydrogen-bond acceptors (Lipinski definition) is 8. The van der Waals surface area contributed by atoms with Gasteiger partial charge in [0, 0.05) is 12.8 Å². The van der Waals surface area contributed by atoms with Crippen molar-refractivity contribution in [3.8, 4) is 0 Å². The molecule has 2 heterocycles. The van der Waals surface area contributed by atoms with Gasteiger partial charge in [-0.15, -0.1) is 0 Å². The molecule has 2 aliphatic heterocycles. The Balaban J connectivity index is 1.25. The topological polar surface area (TPSA) is 109 Å². The molecule has 2 fully saturated rings. The van der Waals surface area contributed by atoms with Crippen LogP contribution in [0.4, 0.5) is 0 Å². The Kier molecular flexibility index (Phi) is 25.5. The number of fused-ring (bicyclic) bond motifs is 1. The molecule has 2 aromatic carbocycles. The fraction of sp³-hybridized carbons (Fsp3) is 0.717. The van der Waals surface area contributed by atoms with E-state index in [4.69, 9.17) is 23.7 Å². The predicted octanol–water partition coefficient (Wildman–Crippen LogP) is 12.1. The lowest BCUT2D eigenvalue weighted by molar-refractivity contribution is -0.339. The number of ether oxygens (including phenoxy) is 5. The highest BCUT2D eigenvalue weighted by atomic mass is 16.7. The summed E-state index contributed by atoms with van der Waals surface area (Å²) >= 11 is 0. The van der Waals surface area contributed by atoms with E-state index in [0.29, 0.717) is 25.9 Å². The van der Waals surface area contributed by atoms with Crippen LogP contribution in [0.2, 0.25) is 0 Å².